The van der Waals surface area contributed by atoms with Gasteiger partial charge in [-0.2, -0.15) is 4.31 Å². The van der Waals surface area contributed by atoms with Crippen molar-refractivity contribution in [2.45, 2.75) is 31.0 Å². The first-order valence-corrected chi connectivity index (χ1v) is 14.2. The zero-order valence-electron chi connectivity index (χ0n) is 22.0. The Morgan fingerprint density at radius 3 is 2.42 bits per heavy atom. The van der Waals surface area contributed by atoms with Gasteiger partial charge in [-0.25, -0.2) is 12.8 Å². The van der Waals surface area contributed by atoms with Crippen molar-refractivity contribution < 1.29 is 31.9 Å². The van der Waals surface area contributed by atoms with Gasteiger partial charge in [0.25, 0.3) is 5.91 Å². The van der Waals surface area contributed by atoms with Gasteiger partial charge in [0, 0.05) is 25.8 Å². The average Bonchev–Trinajstić information content (AvgIpc) is 2.99. The molecule has 3 aromatic rings. The molecule has 12 heteroatoms. The van der Waals surface area contributed by atoms with E-state index in [0.717, 1.165) is 0 Å². The number of hydrogen-bond acceptors (Lipinski definition) is 7. The van der Waals surface area contributed by atoms with Crippen LogP contribution in [0, 0.1) is 5.82 Å². The topological polar surface area (TPSA) is 118 Å². The molecule has 0 aliphatic carbocycles. The van der Waals surface area contributed by atoms with E-state index < -0.39 is 40.3 Å². The van der Waals surface area contributed by atoms with Crippen LogP contribution in [0.1, 0.15) is 18.2 Å². The maximum Gasteiger partial charge on any atom is 0.261 e. The number of aromatic nitrogens is 1. The van der Waals surface area contributed by atoms with Crippen LogP contribution in [0.2, 0.25) is 0 Å². The summed E-state index contributed by atoms with van der Waals surface area (Å²) >= 11 is 0. The number of nitrogens with zero attached hydrogens (tertiary/aromatic N) is 3. The first-order chi connectivity index (χ1) is 19.2. The van der Waals surface area contributed by atoms with Crippen molar-refractivity contribution in [2.24, 2.45) is 0 Å². The molecule has 10 nitrogen and oxygen atoms in total. The van der Waals surface area contributed by atoms with Gasteiger partial charge in [-0.3, -0.25) is 14.6 Å². The molecule has 1 N–H and O–H groups in total. The largest absolute Gasteiger partial charge is 0.484 e. The quantitative estimate of drug-likeness (QED) is 0.376. The Kier molecular flexibility index (Phi) is 9.80. The Bertz CT molecular complexity index is 1380. The summed E-state index contributed by atoms with van der Waals surface area (Å²) in [4.78, 5) is 31.8. The lowest BCUT2D eigenvalue weighted by Crippen LogP contribution is -2.48. The van der Waals surface area contributed by atoms with Gasteiger partial charge in [0.15, 0.2) is 6.61 Å². The van der Waals surface area contributed by atoms with Gasteiger partial charge in [-0.1, -0.05) is 18.2 Å². The molecule has 40 heavy (non-hydrogen) atoms. The highest BCUT2D eigenvalue weighted by atomic mass is 32.2. The lowest BCUT2D eigenvalue weighted by atomic mass is 10.1. The standard InChI is InChI=1S/C28H31FN4O6S/c1-21(28(35)31-18-24-4-2-3-13-30-24)33(19-22-5-7-23(29)8-6-22)27(34)20-39-25-9-11-26(12-10-25)40(36,37)32-14-16-38-17-15-32/h2-13,21H,14-20H2,1H3,(H,31,35)/t21-/m1/s1. The third kappa shape index (κ3) is 7.62. The minimum absolute atomic E-state index is 0.0530. The van der Waals surface area contributed by atoms with Gasteiger partial charge in [0.05, 0.1) is 30.3 Å². The van der Waals surface area contributed by atoms with E-state index in [1.165, 1.54) is 45.6 Å². The molecular weight excluding hydrogens is 539 g/mol. The SMILES string of the molecule is C[C@H](C(=O)NCc1ccccn1)N(Cc1ccc(F)cc1)C(=O)COc1ccc(S(=O)(=O)N2CCOCC2)cc1. The first kappa shape index (κ1) is 29.1. The molecule has 0 spiro atoms. The van der Waals surface area contributed by atoms with Gasteiger partial charge < -0.3 is 19.7 Å². The monoisotopic (exact) mass is 570 g/mol. The lowest BCUT2D eigenvalue weighted by Gasteiger charge is -2.28. The van der Waals surface area contributed by atoms with Crippen molar-refractivity contribution in [3.05, 3.63) is 90.0 Å². The summed E-state index contributed by atoms with van der Waals surface area (Å²) in [6.45, 7) is 2.71. The molecule has 4 rings (SSSR count). The maximum absolute atomic E-state index is 13.4. The molecule has 1 aliphatic rings. The van der Waals surface area contributed by atoms with E-state index in [9.17, 15) is 22.4 Å². The van der Waals surface area contributed by atoms with Crippen LogP contribution in [0.15, 0.2) is 77.8 Å². The molecule has 212 valence electrons. The second-order valence-corrected chi connectivity index (χ2v) is 11.1. The molecule has 2 aromatic carbocycles. The number of morpholine rings is 1. The van der Waals surface area contributed by atoms with E-state index in [1.54, 1.807) is 37.4 Å². The van der Waals surface area contributed by atoms with E-state index in [-0.39, 0.29) is 31.1 Å². The molecule has 2 heterocycles. The van der Waals surface area contributed by atoms with Gasteiger partial charge in [-0.15, -0.1) is 0 Å². The third-order valence-corrected chi connectivity index (χ3v) is 8.31. The van der Waals surface area contributed by atoms with E-state index in [1.807, 2.05) is 6.07 Å². The van der Waals surface area contributed by atoms with Crippen molar-refractivity contribution in [1.82, 2.24) is 19.5 Å². The molecular formula is C28H31FN4O6S. The highest BCUT2D eigenvalue weighted by Crippen LogP contribution is 2.21. The zero-order chi connectivity index (χ0) is 28.5. The summed E-state index contributed by atoms with van der Waals surface area (Å²) in [5, 5.41) is 2.79. The lowest BCUT2D eigenvalue weighted by molar-refractivity contribution is -0.142. The molecule has 0 saturated carbocycles. The number of benzene rings is 2. The summed E-state index contributed by atoms with van der Waals surface area (Å²) in [5.74, 6) is -0.984. The molecule has 2 amide bonds. The Labute approximate surface area is 232 Å². The van der Waals surface area contributed by atoms with Crippen LogP contribution in [0.4, 0.5) is 4.39 Å². The molecule has 1 aliphatic heterocycles. The number of sulfonamides is 1. The van der Waals surface area contributed by atoms with Crippen LogP contribution < -0.4 is 10.1 Å². The average molecular weight is 571 g/mol. The maximum atomic E-state index is 13.4. The Balaban J connectivity index is 1.41. The fraction of sp³-hybridized carbons (Fsp3) is 0.321. The number of hydrogen-bond donors (Lipinski definition) is 1. The number of amides is 2. The third-order valence-electron chi connectivity index (χ3n) is 6.40. The van der Waals surface area contributed by atoms with Crippen LogP contribution in [-0.4, -0.2) is 73.4 Å². The number of rotatable bonds is 11. The molecule has 1 aromatic heterocycles. The summed E-state index contributed by atoms with van der Waals surface area (Å²) in [6.07, 6.45) is 1.62. The van der Waals surface area contributed by atoms with Crippen molar-refractivity contribution in [3.8, 4) is 5.75 Å². The smallest absolute Gasteiger partial charge is 0.261 e. The van der Waals surface area contributed by atoms with Gasteiger partial charge >= 0.3 is 0 Å². The fourth-order valence-electron chi connectivity index (χ4n) is 4.07. The normalized spacial score (nSPS) is 14.8. The van der Waals surface area contributed by atoms with Crippen molar-refractivity contribution in [3.63, 3.8) is 0 Å². The van der Waals surface area contributed by atoms with Gasteiger partial charge in [-0.05, 0) is 61.0 Å². The summed E-state index contributed by atoms with van der Waals surface area (Å²) in [7, 11) is -3.66. The van der Waals surface area contributed by atoms with E-state index in [0.29, 0.717) is 30.2 Å². The number of halogens is 1. The molecule has 0 unspecified atom stereocenters. The highest BCUT2D eigenvalue weighted by Gasteiger charge is 2.28. The van der Waals surface area contributed by atoms with Crippen LogP contribution in [0.5, 0.6) is 5.75 Å². The predicted octanol–water partition coefficient (Wildman–Crippen LogP) is 2.35. The van der Waals surface area contributed by atoms with Crippen molar-refractivity contribution in [1.29, 1.82) is 0 Å². The van der Waals surface area contributed by atoms with E-state index >= 15 is 0 Å². The minimum atomic E-state index is -3.66. The number of nitrogens with one attached hydrogen (secondary N) is 1. The number of carbonyl (C=O) groups excluding carboxylic acids is 2. The van der Waals surface area contributed by atoms with Crippen LogP contribution in [0.3, 0.4) is 0 Å². The molecule has 0 radical (unpaired) electrons. The first-order valence-electron chi connectivity index (χ1n) is 12.8. The minimum Gasteiger partial charge on any atom is -0.484 e. The van der Waals surface area contributed by atoms with E-state index in [4.69, 9.17) is 9.47 Å². The summed E-state index contributed by atoms with van der Waals surface area (Å²) < 4.78 is 51.3. The Morgan fingerprint density at radius 1 is 1.07 bits per heavy atom. The molecule has 0 bridgehead atoms. The van der Waals surface area contributed by atoms with Gasteiger partial charge in [0.2, 0.25) is 15.9 Å². The van der Waals surface area contributed by atoms with Crippen LogP contribution in [-0.2, 0) is 37.4 Å². The zero-order valence-corrected chi connectivity index (χ0v) is 22.8. The van der Waals surface area contributed by atoms with Crippen LogP contribution >= 0.6 is 0 Å². The number of pyridine rings is 1. The Morgan fingerprint density at radius 2 is 1.77 bits per heavy atom. The second kappa shape index (κ2) is 13.5. The molecule has 1 fully saturated rings. The summed E-state index contributed by atoms with van der Waals surface area (Å²) in [6, 6.07) is 16.0. The van der Waals surface area contributed by atoms with E-state index in [2.05, 4.69) is 10.3 Å². The number of ether oxygens (including phenoxy) is 2. The fourth-order valence-corrected chi connectivity index (χ4v) is 5.48. The highest BCUT2D eigenvalue weighted by molar-refractivity contribution is 7.89. The van der Waals surface area contributed by atoms with Crippen LogP contribution in [0.25, 0.3) is 0 Å². The Hall–Kier alpha value is -3.87. The van der Waals surface area contributed by atoms with Crippen molar-refractivity contribution >= 4 is 21.8 Å². The summed E-state index contributed by atoms with van der Waals surface area (Å²) in [5.41, 5.74) is 1.30. The predicted molar refractivity (Wildman–Crippen MR) is 144 cm³/mol. The molecule has 1 saturated heterocycles. The van der Waals surface area contributed by atoms with Gasteiger partial charge in [0.1, 0.15) is 17.6 Å². The molecule has 1 atom stereocenters. The number of carbonyl (C=O) groups is 2. The second-order valence-electron chi connectivity index (χ2n) is 9.14. The van der Waals surface area contributed by atoms with Crippen molar-refractivity contribution in [2.75, 3.05) is 32.9 Å².